The number of aliphatic hydroxyl groups is 1. The average Bonchev–Trinajstić information content (AvgIpc) is 2.95. The van der Waals surface area contributed by atoms with Crippen LogP contribution in [0.3, 0.4) is 0 Å². The number of nitrogens with one attached hydrogen (secondary N) is 1. The van der Waals surface area contributed by atoms with Gasteiger partial charge in [0, 0.05) is 37.7 Å². The SMILES string of the molecule is CN(CCNCC(C)(C)CO)C1CC1. The molecule has 1 aliphatic rings. The predicted octanol–water partition coefficient (Wildman–Crippen LogP) is 0.689. The van der Waals surface area contributed by atoms with Crippen molar-refractivity contribution < 1.29 is 5.11 Å². The first-order valence-corrected chi connectivity index (χ1v) is 5.57. The Morgan fingerprint density at radius 3 is 2.57 bits per heavy atom. The van der Waals surface area contributed by atoms with Crippen molar-refractivity contribution in [3.8, 4) is 0 Å². The summed E-state index contributed by atoms with van der Waals surface area (Å²) in [6.45, 7) is 7.43. The summed E-state index contributed by atoms with van der Waals surface area (Å²) in [4.78, 5) is 2.42. The highest BCUT2D eigenvalue weighted by Gasteiger charge is 2.25. The molecule has 0 aliphatic heterocycles. The predicted molar refractivity (Wildman–Crippen MR) is 59.4 cm³/mol. The smallest absolute Gasteiger partial charge is 0.0494 e. The van der Waals surface area contributed by atoms with Gasteiger partial charge in [0.15, 0.2) is 0 Å². The van der Waals surface area contributed by atoms with Gasteiger partial charge in [-0.05, 0) is 19.9 Å². The number of rotatable bonds is 7. The van der Waals surface area contributed by atoms with Gasteiger partial charge in [-0.1, -0.05) is 13.8 Å². The lowest BCUT2D eigenvalue weighted by Gasteiger charge is -2.23. The molecular formula is C11H24N2O. The lowest BCUT2D eigenvalue weighted by atomic mass is 9.95. The average molecular weight is 200 g/mol. The first kappa shape index (κ1) is 12.0. The third-order valence-corrected chi connectivity index (χ3v) is 2.84. The van der Waals surface area contributed by atoms with Crippen LogP contribution in [0.5, 0.6) is 0 Å². The van der Waals surface area contributed by atoms with Crippen LogP contribution in [0.4, 0.5) is 0 Å². The molecule has 3 heteroatoms. The van der Waals surface area contributed by atoms with Gasteiger partial charge >= 0.3 is 0 Å². The van der Waals surface area contributed by atoms with Crippen molar-refractivity contribution in [1.82, 2.24) is 10.2 Å². The largest absolute Gasteiger partial charge is 0.396 e. The summed E-state index contributed by atoms with van der Waals surface area (Å²) in [5.41, 5.74) is 0.0121. The second kappa shape index (κ2) is 5.10. The van der Waals surface area contributed by atoms with Gasteiger partial charge < -0.3 is 15.3 Å². The van der Waals surface area contributed by atoms with E-state index < -0.39 is 0 Å². The third kappa shape index (κ3) is 4.40. The Labute approximate surface area is 87.5 Å². The Morgan fingerprint density at radius 1 is 1.43 bits per heavy atom. The molecular weight excluding hydrogens is 176 g/mol. The summed E-state index contributed by atoms with van der Waals surface area (Å²) in [7, 11) is 2.19. The summed E-state index contributed by atoms with van der Waals surface area (Å²) in [5.74, 6) is 0. The summed E-state index contributed by atoms with van der Waals surface area (Å²) in [5, 5.41) is 12.4. The molecule has 1 fully saturated rings. The van der Waals surface area contributed by atoms with Crippen LogP contribution < -0.4 is 5.32 Å². The van der Waals surface area contributed by atoms with Crippen LogP contribution in [0.15, 0.2) is 0 Å². The minimum absolute atomic E-state index is 0.0121. The van der Waals surface area contributed by atoms with Crippen LogP contribution in [0.1, 0.15) is 26.7 Å². The lowest BCUT2D eigenvalue weighted by Crippen LogP contribution is -2.37. The van der Waals surface area contributed by atoms with Crippen molar-refractivity contribution in [2.45, 2.75) is 32.7 Å². The van der Waals surface area contributed by atoms with Crippen LogP contribution in [0.2, 0.25) is 0 Å². The fraction of sp³-hybridized carbons (Fsp3) is 1.00. The monoisotopic (exact) mass is 200 g/mol. The molecule has 0 aromatic carbocycles. The van der Waals surface area contributed by atoms with Crippen LogP contribution in [-0.2, 0) is 0 Å². The van der Waals surface area contributed by atoms with Crippen molar-refractivity contribution in [2.24, 2.45) is 5.41 Å². The van der Waals surface area contributed by atoms with Gasteiger partial charge in [0.1, 0.15) is 0 Å². The van der Waals surface area contributed by atoms with E-state index in [4.69, 9.17) is 5.11 Å². The van der Waals surface area contributed by atoms with E-state index in [-0.39, 0.29) is 12.0 Å². The van der Waals surface area contributed by atoms with Gasteiger partial charge in [-0.15, -0.1) is 0 Å². The molecule has 3 nitrogen and oxygen atoms in total. The molecule has 0 amide bonds. The molecule has 14 heavy (non-hydrogen) atoms. The first-order chi connectivity index (χ1) is 6.55. The molecule has 1 aliphatic carbocycles. The van der Waals surface area contributed by atoms with Gasteiger partial charge in [0.25, 0.3) is 0 Å². The Balaban J connectivity index is 1.98. The van der Waals surface area contributed by atoms with Gasteiger partial charge in [-0.25, -0.2) is 0 Å². The zero-order valence-corrected chi connectivity index (χ0v) is 9.71. The Hall–Kier alpha value is -0.120. The Kier molecular flexibility index (Phi) is 4.35. The molecule has 1 saturated carbocycles. The van der Waals surface area contributed by atoms with Crippen LogP contribution >= 0.6 is 0 Å². The van der Waals surface area contributed by atoms with Gasteiger partial charge in [-0.2, -0.15) is 0 Å². The van der Waals surface area contributed by atoms with E-state index in [0.29, 0.717) is 0 Å². The second-order valence-electron chi connectivity index (χ2n) is 5.21. The first-order valence-electron chi connectivity index (χ1n) is 5.57. The standard InChI is InChI=1S/C11H24N2O/c1-11(2,9-14)8-12-6-7-13(3)10-4-5-10/h10,12,14H,4-9H2,1-3H3. The number of hydrogen-bond acceptors (Lipinski definition) is 3. The highest BCUT2D eigenvalue weighted by atomic mass is 16.3. The molecule has 0 spiro atoms. The van der Waals surface area contributed by atoms with Crippen molar-refractivity contribution in [3.63, 3.8) is 0 Å². The minimum atomic E-state index is 0.0121. The molecule has 0 atom stereocenters. The van der Waals surface area contributed by atoms with Crippen LogP contribution in [0.25, 0.3) is 0 Å². The van der Waals surface area contributed by atoms with E-state index in [1.807, 2.05) is 0 Å². The summed E-state index contributed by atoms with van der Waals surface area (Å²) in [6, 6.07) is 0.850. The van der Waals surface area contributed by atoms with Crippen LogP contribution in [0, 0.1) is 5.41 Å². The lowest BCUT2D eigenvalue weighted by molar-refractivity contribution is 0.155. The molecule has 0 bridgehead atoms. The molecule has 0 radical (unpaired) electrons. The van der Waals surface area contributed by atoms with E-state index in [9.17, 15) is 0 Å². The highest BCUT2D eigenvalue weighted by Crippen LogP contribution is 2.24. The van der Waals surface area contributed by atoms with E-state index in [1.165, 1.54) is 12.8 Å². The van der Waals surface area contributed by atoms with E-state index in [2.05, 4.69) is 31.1 Å². The maximum Gasteiger partial charge on any atom is 0.0494 e. The van der Waals surface area contributed by atoms with E-state index in [1.54, 1.807) is 0 Å². The summed E-state index contributed by atoms with van der Waals surface area (Å²) >= 11 is 0. The molecule has 84 valence electrons. The summed E-state index contributed by atoms with van der Waals surface area (Å²) < 4.78 is 0. The minimum Gasteiger partial charge on any atom is -0.396 e. The zero-order chi connectivity index (χ0) is 10.6. The second-order valence-corrected chi connectivity index (χ2v) is 5.21. The van der Waals surface area contributed by atoms with Crippen molar-refractivity contribution in [3.05, 3.63) is 0 Å². The van der Waals surface area contributed by atoms with Crippen LogP contribution in [-0.4, -0.2) is 49.3 Å². The Bertz CT molecular complexity index is 167. The summed E-state index contributed by atoms with van der Waals surface area (Å²) in [6.07, 6.45) is 2.75. The van der Waals surface area contributed by atoms with Crippen molar-refractivity contribution in [1.29, 1.82) is 0 Å². The number of likely N-dealkylation sites (N-methyl/N-ethyl adjacent to an activating group) is 1. The fourth-order valence-electron chi connectivity index (χ4n) is 1.44. The molecule has 1 rings (SSSR count). The maximum absolute atomic E-state index is 9.05. The van der Waals surface area contributed by atoms with E-state index in [0.717, 1.165) is 25.7 Å². The number of nitrogens with zero attached hydrogens (tertiary/aromatic N) is 1. The molecule has 0 saturated heterocycles. The van der Waals surface area contributed by atoms with E-state index >= 15 is 0 Å². The van der Waals surface area contributed by atoms with Gasteiger partial charge in [0.2, 0.25) is 0 Å². The molecule has 0 unspecified atom stereocenters. The van der Waals surface area contributed by atoms with Crippen molar-refractivity contribution >= 4 is 0 Å². The normalized spacial score (nSPS) is 17.8. The van der Waals surface area contributed by atoms with Crippen molar-refractivity contribution in [2.75, 3.05) is 33.3 Å². The van der Waals surface area contributed by atoms with Gasteiger partial charge in [0.05, 0.1) is 0 Å². The number of hydrogen-bond donors (Lipinski definition) is 2. The maximum atomic E-state index is 9.05. The Morgan fingerprint density at radius 2 is 2.07 bits per heavy atom. The molecule has 0 aromatic heterocycles. The quantitative estimate of drug-likeness (QED) is 0.594. The number of aliphatic hydroxyl groups excluding tert-OH is 1. The molecule has 0 aromatic rings. The molecule has 0 heterocycles. The fourth-order valence-corrected chi connectivity index (χ4v) is 1.44. The zero-order valence-electron chi connectivity index (χ0n) is 9.71. The van der Waals surface area contributed by atoms with Gasteiger partial charge in [-0.3, -0.25) is 0 Å². The third-order valence-electron chi connectivity index (χ3n) is 2.84. The highest BCUT2D eigenvalue weighted by molar-refractivity contribution is 4.82. The topological polar surface area (TPSA) is 35.5 Å². The molecule has 2 N–H and O–H groups in total.